The fourth-order valence-electron chi connectivity index (χ4n) is 4.01. The summed E-state index contributed by atoms with van der Waals surface area (Å²) in [4.78, 5) is 18.8. The van der Waals surface area contributed by atoms with Crippen LogP contribution in [-0.4, -0.2) is 48.3 Å². The number of aromatic nitrogens is 1. The Balaban J connectivity index is 1.84. The fraction of sp³-hybridized carbons (Fsp3) is 0.364. The molecule has 6 nitrogen and oxygen atoms in total. The first-order valence-corrected chi connectivity index (χ1v) is 11.4. The number of fused-ring (bicyclic) bond motifs is 1. The van der Waals surface area contributed by atoms with Gasteiger partial charge < -0.3 is 14.6 Å². The van der Waals surface area contributed by atoms with Crippen LogP contribution in [0.15, 0.2) is 40.9 Å². The summed E-state index contributed by atoms with van der Waals surface area (Å²) in [5.74, 6) is 0.149. The topological polar surface area (TPSA) is 71.9 Å². The van der Waals surface area contributed by atoms with Gasteiger partial charge in [0.2, 0.25) is 0 Å². The third kappa shape index (κ3) is 4.04. The van der Waals surface area contributed by atoms with E-state index in [0.717, 1.165) is 38.2 Å². The Hall–Kier alpha value is -2.16. The van der Waals surface area contributed by atoms with E-state index in [4.69, 9.17) is 14.5 Å². The molecular weight excluding hydrogens is 468 g/mol. The number of halogens is 1. The number of likely N-dealkylation sites (tertiary alicyclic amines) is 1. The number of carboxylic acids is 1. The summed E-state index contributed by atoms with van der Waals surface area (Å²) < 4.78 is 13.0. The van der Waals surface area contributed by atoms with Gasteiger partial charge in [-0.1, -0.05) is 28.1 Å². The van der Waals surface area contributed by atoms with Crippen LogP contribution in [0.25, 0.3) is 10.2 Å². The Labute approximate surface area is 187 Å². The van der Waals surface area contributed by atoms with E-state index in [1.807, 2.05) is 30.3 Å². The number of carboxylic acid groups (broad SMARTS) is 1. The quantitative estimate of drug-likeness (QED) is 0.526. The van der Waals surface area contributed by atoms with E-state index in [1.54, 1.807) is 25.6 Å². The molecule has 1 fully saturated rings. The number of nitrogens with zero attached hydrogens (tertiary/aromatic N) is 2. The van der Waals surface area contributed by atoms with Crippen molar-refractivity contribution in [3.63, 3.8) is 0 Å². The Morgan fingerprint density at radius 2 is 2.00 bits per heavy atom. The number of para-hydroxylation sites is 1. The average molecular weight is 491 g/mol. The number of hydrogen-bond donors (Lipinski definition) is 1. The summed E-state index contributed by atoms with van der Waals surface area (Å²) >= 11 is 5.34. The van der Waals surface area contributed by atoms with Gasteiger partial charge in [0.1, 0.15) is 5.01 Å². The van der Waals surface area contributed by atoms with Crippen LogP contribution in [0.5, 0.6) is 11.5 Å². The van der Waals surface area contributed by atoms with Crippen LogP contribution in [-0.2, 0) is 4.79 Å². The van der Waals surface area contributed by atoms with Gasteiger partial charge in [-0.2, -0.15) is 0 Å². The van der Waals surface area contributed by atoms with Crippen molar-refractivity contribution in [2.75, 3.05) is 27.3 Å². The summed E-state index contributed by atoms with van der Waals surface area (Å²) in [7, 11) is 3.22. The normalized spacial score (nSPS) is 18.3. The van der Waals surface area contributed by atoms with E-state index in [9.17, 15) is 9.90 Å². The molecule has 0 aliphatic carbocycles. The molecule has 30 heavy (non-hydrogen) atoms. The number of ether oxygens (including phenoxy) is 2. The molecule has 1 aromatic heterocycles. The summed E-state index contributed by atoms with van der Waals surface area (Å²) in [6.45, 7) is 1.29. The van der Waals surface area contributed by atoms with Crippen LogP contribution < -0.4 is 9.47 Å². The molecule has 1 N–H and O–H groups in total. The fourth-order valence-corrected chi connectivity index (χ4v) is 5.68. The lowest BCUT2D eigenvalue weighted by molar-refractivity contribution is -0.143. The second-order valence-electron chi connectivity index (χ2n) is 7.32. The van der Waals surface area contributed by atoms with Crippen LogP contribution in [0.1, 0.15) is 29.5 Å². The lowest BCUT2D eigenvalue weighted by Gasteiger charge is -2.36. The van der Waals surface area contributed by atoms with Crippen molar-refractivity contribution in [1.82, 2.24) is 9.88 Å². The van der Waals surface area contributed by atoms with Gasteiger partial charge in [-0.25, -0.2) is 4.98 Å². The Morgan fingerprint density at radius 1 is 1.27 bits per heavy atom. The SMILES string of the molecule is COc1cc(Br)c(C(c2nc3ccccc3s2)N2CCCC(C(=O)O)C2)cc1OC. The molecule has 1 aliphatic heterocycles. The maximum absolute atomic E-state index is 11.7. The smallest absolute Gasteiger partial charge is 0.307 e. The zero-order valence-electron chi connectivity index (χ0n) is 16.8. The molecule has 1 saturated heterocycles. The molecule has 0 spiro atoms. The minimum atomic E-state index is -0.742. The molecule has 0 radical (unpaired) electrons. The summed E-state index contributed by atoms with van der Waals surface area (Å²) in [6, 6.07) is 11.7. The average Bonchev–Trinajstić information content (AvgIpc) is 3.18. The molecule has 4 rings (SSSR count). The van der Waals surface area contributed by atoms with Crippen LogP contribution in [0.3, 0.4) is 0 Å². The number of thiazole rings is 1. The molecule has 158 valence electrons. The van der Waals surface area contributed by atoms with Crippen LogP contribution in [0, 0.1) is 5.92 Å². The van der Waals surface area contributed by atoms with Gasteiger partial charge in [0.25, 0.3) is 0 Å². The number of carbonyl (C=O) groups is 1. The number of benzene rings is 2. The Morgan fingerprint density at radius 3 is 2.70 bits per heavy atom. The van der Waals surface area contributed by atoms with Crippen molar-refractivity contribution in [2.45, 2.75) is 18.9 Å². The van der Waals surface area contributed by atoms with E-state index in [0.29, 0.717) is 24.5 Å². The highest BCUT2D eigenvalue weighted by atomic mass is 79.9. The number of aliphatic carboxylic acids is 1. The van der Waals surface area contributed by atoms with Crippen molar-refractivity contribution in [3.05, 3.63) is 51.4 Å². The van der Waals surface area contributed by atoms with E-state index in [1.165, 1.54) is 0 Å². The van der Waals surface area contributed by atoms with Crippen LogP contribution in [0.4, 0.5) is 0 Å². The maximum Gasteiger partial charge on any atom is 0.307 e. The van der Waals surface area contributed by atoms with Crippen LogP contribution >= 0.6 is 27.3 Å². The third-order valence-electron chi connectivity index (χ3n) is 5.51. The van der Waals surface area contributed by atoms with Crippen molar-refractivity contribution >= 4 is 43.5 Å². The number of methoxy groups -OCH3 is 2. The number of piperidine rings is 1. The number of rotatable bonds is 6. The second kappa shape index (κ2) is 8.91. The largest absolute Gasteiger partial charge is 0.493 e. The molecule has 0 amide bonds. The first-order chi connectivity index (χ1) is 14.5. The molecule has 2 heterocycles. The third-order valence-corrected chi connectivity index (χ3v) is 7.28. The molecule has 0 bridgehead atoms. The van der Waals surface area contributed by atoms with E-state index in [2.05, 4.69) is 26.9 Å². The molecular formula is C22H23BrN2O4S. The molecule has 3 aromatic rings. The van der Waals surface area contributed by atoms with Crippen molar-refractivity contribution < 1.29 is 19.4 Å². The van der Waals surface area contributed by atoms with Crippen molar-refractivity contribution in [3.8, 4) is 11.5 Å². The second-order valence-corrected chi connectivity index (χ2v) is 9.24. The molecule has 8 heteroatoms. The summed E-state index contributed by atoms with van der Waals surface area (Å²) in [6.07, 6.45) is 1.54. The minimum absolute atomic E-state index is 0.182. The minimum Gasteiger partial charge on any atom is -0.493 e. The Bertz CT molecular complexity index is 1040. The van der Waals surface area contributed by atoms with Crippen molar-refractivity contribution in [2.24, 2.45) is 5.92 Å². The van der Waals surface area contributed by atoms with Gasteiger partial charge in [-0.05, 0) is 49.2 Å². The van der Waals surface area contributed by atoms with Gasteiger partial charge in [-0.15, -0.1) is 11.3 Å². The van der Waals surface area contributed by atoms with E-state index < -0.39 is 5.97 Å². The predicted molar refractivity (Wildman–Crippen MR) is 121 cm³/mol. The monoisotopic (exact) mass is 490 g/mol. The van der Waals surface area contributed by atoms with Gasteiger partial charge in [0.15, 0.2) is 11.5 Å². The lowest BCUT2D eigenvalue weighted by Crippen LogP contribution is -2.41. The first-order valence-electron chi connectivity index (χ1n) is 9.75. The lowest BCUT2D eigenvalue weighted by atomic mass is 9.95. The van der Waals surface area contributed by atoms with Crippen LogP contribution in [0.2, 0.25) is 0 Å². The molecule has 2 unspecified atom stereocenters. The van der Waals surface area contributed by atoms with E-state index >= 15 is 0 Å². The predicted octanol–water partition coefficient (Wildman–Crippen LogP) is 4.96. The van der Waals surface area contributed by atoms with E-state index in [-0.39, 0.29) is 12.0 Å². The van der Waals surface area contributed by atoms with Crippen molar-refractivity contribution in [1.29, 1.82) is 0 Å². The highest BCUT2D eigenvalue weighted by Crippen LogP contribution is 2.43. The highest BCUT2D eigenvalue weighted by molar-refractivity contribution is 9.10. The molecule has 0 saturated carbocycles. The molecule has 1 aliphatic rings. The molecule has 2 aromatic carbocycles. The number of hydrogen-bond acceptors (Lipinski definition) is 6. The molecule has 2 atom stereocenters. The summed E-state index contributed by atoms with van der Waals surface area (Å²) in [5.41, 5.74) is 1.93. The highest BCUT2D eigenvalue weighted by Gasteiger charge is 2.34. The first kappa shape index (κ1) is 21.1. The van der Waals surface area contributed by atoms with Gasteiger partial charge in [-0.3, -0.25) is 9.69 Å². The standard InChI is InChI=1S/C22H23BrN2O4S/c1-28-17-10-14(15(23)11-18(17)29-2)20(25-9-5-6-13(12-25)22(26)27)21-24-16-7-3-4-8-19(16)30-21/h3-4,7-8,10-11,13,20H,5-6,9,12H2,1-2H3,(H,26,27). The van der Waals surface area contributed by atoms with Gasteiger partial charge >= 0.3 is 5.97 Å². The Kier molecular flexibility index (Phi) is 6.26. The summed E-state index contributed by atoms with van der Waals surface area (Å²) in [5, 5.41) is 10.6. The zero-order chi connectivity index (χ0) is 21.3. The zero-order valence-corrected chi connectivity index (χ0v) is 19.2. The van der Waals surface area contributed by atoms with Gasteiger partial charge in [0, 0.05) is 11.0 Å². The maximum atomic E-state index is 11.7. The van der Waals surface area contributed by atoms with Gasteiger partial charge in [0.05, 0.1) is 36.4 Å².